The number of hydrogen-bond acceptors (Lipinski definition) is 5. The molecule has 0 unspecified atom stereocenters. The molecule has 0 bridgehead atoms. The van der Waals surface area contributed by atoms with Crippen molar-refractivity contribution in [2.24, 2.45) is 4.99 Å². The Balaban J connectivity index is 1.57. The lowest BCUT2D eigenvalue weighted by molar-refractivity contribution is -0.113. The number of carbonyl (C=O) groups is 1. The maximum absolute atomic E-state index is 13.8. The highest BCUT2D eigenvalue weighted by molar-refractivity contribution is 8.20. The van der Waals surface area contributed by atoms with Crippen LogP contribution in [0, 0.1) is 6.92 Å². The summed E-state index contributed by atoms with van der Waals surface area (Å²) >= 11 is 3.15. The van der Waals surface area contributed by atoms with Crippen LogP contribution in [0.25, 0.3) is 0 Å². The molecule has 0 saturated carbocycles. The monoisotopic (exact) mass is 457 g/mol. The molecule has 0 aliphatic carbocycles. The van der Waals surface area contributed by atoms with E-state index in [1.54, 1.807) is 16.7 Å². The van der Waals surface area contributed by atoms with Gasteiger partial charge in [-0.05, 0) is 61.0 Å². The summed E-state index contributed by atoms with van der Waals surface area (Å²) in [5, 5.41) is 1.71. The SMILES string of the molecule is CCN1C(=C2SC(=NCc3ccccc3)N(c3cccc(C)c3)C2=O)Sc2ccccc21. The minimum atomic E-state index is -0.0128. The molecule has 0 spiro atoms. The van der Waals surface area contributed by atoms with E-state index >= 15 is 0 Å². The summed E-state index contributed by atoms with van der Waals surface area (Å²) in [6, 6.07) is 26.5. The lowest BCUT2D eigenvalue weighted by Gasteiger charge is -2.19. The molecule has 0 atom stereocenters. The number of thioether (sulfide) groups is 2. The van der Waals surface area contributed by atoms with Gasteiger partial charge in [-0.3, -0.25) is 14.7 Å². The fourth-order valence-electron chi connectivity index (χ4n) is 3.86. The average Bonchev–Trinajstić information content (AvgIpc) is 3.35. The zero-order valence-corrected chi connectivity index (χ0v) is 19.6. The standard InChI is InChI=1S/C26H23N3OS2/c1-3-28-21-14-7-8-15-22(21)31-25(28)23-24(30)29(20-13-9-10-18(2)16-20)26(32-23)27-17-19-11-5-4-6-12-19/h4-16H,3,17H2,1-2H3. The molecule has 5 rings (SSSR count). The van der Waals surface area contributed by atoms with E-state index in [1.165, 1.54) is 16.7 Å². The Morgan fingerprint density at radius 3 is 2.47 bits per heavy atom. The highest BCUT2D eigenvalue weighted by Crippen LogP contribution is 2.50. The van der Waals surface area contributed by atoms with Crippen LogP contribution in [-0.4, -0.2) is 17.6 Å². The fraction of sp³-hybridized carbons (Fsp3) is 0.154. The van der Waals surface area contributed by atoms with Crippen molar-refractivity contribution >= 4 is 46.0 Å². The number of rotatable bonds is 4. The van der Waals surface area contributed by atoms with Gasteiger partial charge in [-0.15, -0.1) is 0 Å². The van der Waals surface area contributed by atoms with Gasteiger partial charge in [0.25, 0.3) is 5.91 Å². The summed E-state index contributed by atoms with van der Waals surface area (Å²) in [4.78, 5) is 24.6. The molecule has 4 nitrogen and oxygen atoms in total. The van der Waals surface area contributed by atoms with Crippen molar-refractivity contribution in [1.29, 1.82) is 0 Å². The molecule has 3 aromatic carbocycles. The molecule has 0 radical (unpaired) electrons. The van der Waals surface area contributed by atoms with Crippen LogP contribution in [0.2, 0.25) is 0 Å². The molecule has 2 aliphatic rings. The number of aryl methyl sites for hydroxylation is 1. The Morgan fingerprint density at radius 1 is 0.906 bits per heavy atom. The van der Waals surface area contributed by atoms with Gasteiger partial charge in [-0.1, -0.05) is 66.4 Å². The molecule has 0 N–H and O–H groups in total. The van der Waals surface area contributed by atoms with Gasteiger partial charge in [0.15, 0.2) is 5.17 Å². The van der Waals surface area contributed by atoms with Gasteiger partial charge in [-0.25, -0.2) is 0 Å². The number of anilines is 2. The second-order valence-electron chi connectivity index (χ2n) is 7.61. The number of hydrogen-bond donors (Lipinski definition) is 0. The third-order valence-electron chi connectivity index (χ3n) is 5.40. The normalized spacial score (nSPS) is 19.2. The van der Waals surface area contributed by atoms with Gasteiger partial charge in [0.1, 0.15) is 9.93 Å². The summed E-state index contributed by atoms with van der Waals surface area (Å²) in [7, 11) is 0. The Kier molecular flexibility index (Phi) is 5.81. The van der Waals surface area contributed by atoms with Crippen LogP contribution in [0.3, 0.4) is 0 Å². The molecular formula is C26H23N3OS2. The Morgan fingerprint density at radius 2 is 1.69 bits per heavy atom. The van der Waals surface area contributed by atoms with E-state index in [-0.39, 0.29) is 5.91 Å². The van der Waals surface area contributed by atoms with E-state index < -0.39 is 0 Å². The summed E-state index contributed by atoms with van der Waals surface area (Å²) in [6.45, 7) is 5.50. The number of aliphatic imine (C=N–C) groups is 1. The predicted octanol–water partition coefficient (Wildman–Crippen LogP) is 6.43. The van der Waals surface area contributed by atoms with Crippen LogP contribution in [0.5, 0.6) is 0 Å². The number of amidine groups is 1. The van der Waals surface area contributed by atoms with Crippen molar-refractivity contribution in [3.63, 3.8) is 0 Å². The molecule has 32 heavy (non-hydrogen) atoms. The van der Waals surface area contributed by atoms with Crippen molar-refractivity contribution in [2.75, 3.05) is 16.3 Å². The third-order valence-corrected chi connectivity index (χ3v) is 7.78. The summed E-state index contributed by atoms with van der Waals surface area (Å²) in [5.74, 6) is -0.0128. The van der Waals surface area contributed by atoms with E-state index in [9.17, 15) is 4.79 Å². The van der Waals surface area contributed by atoms with Crippen molar-refractivity contribution in [3.05, 3.63) is 99.9 Å². The van der Waals surface area contributed by atoms with Gasteiger partial charge < -0.3 is 4.90 Å². The van der Waals surface area contributed by atoms with Crippen molar-refractivity contribution in [2.45, 2.75) is 25.3 Å². The number of para-hydroxylation sites is 1. The van der Waals surface area contributed by atoms with Gasteiger partial charge >= 0.3 is 0 Å². The molecule has 0 aromatic heterocycles. The van der Waals surface area contributed by atoms with E-state index in [2.05, 4.69) is 36.1 Å². The second kappa shape index (κ2) is 8.88. The van der Waals surface area contributed by atoms with Crippen LogP contribution < -0.4 is 9.80 Å². The molecule has 1 amide bonds. The van der Waals surface area contributed by atoms with Gasteiger partial charge in [0.05, 0.1) is 17.9 Å². The highest BCUT2D eigenvalue weighted by atomic mass is 32.2. The maximum Gasteiger partial charge on any atom is 0.274 e. The van der Waals surface area contributed by atoms with E-state index in [0.717, 1.165) is 44.1 Å². The number of carbonyl (C=O) groups excluding carboxylic acids is 1. The van der Waals surface area contributed by atoms with Gasteiger partial charge in [0, 0.05) is 11.4 Å². The Labute approximate surface area is 197 Å². The highest BCUT2D eigenvalue weighted by Gasteiger charge is 2.40. The van der Waals surface area contributed by atoms with Crippen molar-refractivity contribution < 1.29 is 4.79 Å². The predicted molar refractivity (Wildman–Crippen MR) is 136 cm³/mol. The Bertz CT molecular complexity index is 1240. The largest absolute Gasteiger partial charge is 0.334 e. The number of amides is 1. The van der Waals surface area contributed by atoms with Crippen molar-refractivity contribution in [3.8, 4) is 0 Å². The topological polar surface area (TPSA) is 35.9 Å². The lowest BCUT2D eigenvalue weighted by Crippen LogP contribution is -2.30. The van der Waals surface area contributed by atoms with Crippen LogP contribution >= 0.6 is 23.5 Å². The minimum Gasteiger partial charge on any atom is -0.334 e. The van der Waals surface area contributed by atoms with Gasteiger partial charge in [-0.2, -0.15) is 0 Å². The quantitative estimate of drug-likeness (QED) is 0.423. The Hall–Kier alpha value is -2.96. The first-order valence-electron chi connectivity index (χ1n) is 10.6. The molecular weight excluding hydrogens is 434 g/mol. The first-order valence-corrected chi connectivity index (χ1v) is 12.2. The van der Waals surface area contributed by atoms with Crippen molar-refractivity contribution in [1.82, 2.24) is 0 Å². The summed E-state index contributed by atoms with van der Waals surface area (Å²) < 4.78 is 0. The van der Waals surface area contributed by atoms with E-state index in [0.29, 0.717) is 6.54 Å². The van der Waals surface area contributed by atoms with E-state index in [4.69, 9.17) is 4.99 Å². The fourth-order valence-corrected chi connectivity index (χ4v) is 6.23. The number of nitrogens with zero attached hydrogens (tertiary/aromatic N) is 3. The van der Waals surface area contributed by atoms with Crippen LogP contribution in [0.15, 0.2) is 98.7 Å². The first-order chi connectivity index (χ1) is 15.7. The second-order valence-corrected chi connectivity index (χ2v) is 9.62. The number of fused-ring (bicyclic) bond motifs is 1. The molecule has 160 valence electrons. The molecule has 2 heterocycles. The van der Waals surface area contributed by atoms with Crippen LogP contribution in [-0.2, 0) is 11.3 Å². The molecule has 3 aromatic rings. The van der Waals surface area contributed by atoms with Gasteiger partial charge in [0.2, 0.25) is 0 Å². The van der Waals surface area contributed by atoms with Crippen LogP contribution in [0.1, 0.15) is 18.1 Å². The molecule has 1 saturated heterocycles. The first kappa shape index (κ1) is 20.9. The van der Waals surface area contributed by atoms with E-state index in [1.807, 2.05) is 61.5 Å². The molecule has 2 aliphatic heterocycles. The lowest BCUT2D eigenvalue weighted by atomic mass is 10.2. The summed E-state index contributed by atoms with van der Waals surface area (Å²) in [6.07, 6.45) is 0. The zero-order chi connectivity index (χ0) is 22.1. The molecule has 6 heteroatoms. The zero-order valence-electron chi connectivity index (χ0n) is 18.0. The number of benzene rings is 3. The third kappa shape index (κ3) is 3.85. The summed E-state index contributed by atoms with van der Waals surface area (Å²) in [5.41, 5.74) is 4.25. The smallest absolute Gasteiger partial charge is 0.274 e. The minimum absolute atomic E-state index is 0.0128. The average molecular weight is 458 g/mol. The molecule has 1 fully saturated rings. The maximum atomic E-state index is 13.8. The van der Waals surface area contributed by atoms with Crippen LogP contribution in [0.4, 0.5) is 11.4 Å².